The van der Waals surface area contributed by atoms with Crippen molar-refractivity contribution in [3.63, 3.8) is 0 Å². The molecule has 3 amide bonds. The molecule has 2 atom stereocenters. The van der Waals surface area contributed by atoms with Gasteiger partial charge in [0.15, 0.2) is 23.6 Å². The number of halogens is 3. The van der Waals surface area contributed by atoms with Gasteiger partial charge < -0.3 is 20.7 Å². The minimum Gasteiger partial charge on any atom is -0.451 e. The zero-order chi connectivity index (χ0) is 26.1. The van der Waals surface area contributed by atoms with Crippen LogP contribution in [0, 0.1) is 23.4 Å². The van der Waals surface area contributed by atoms with E-state index in [1.54, 1.807) is 38.1 Å². The maximum Gasteiger partial charge on any atom is 0.329 e. The summed E-state index contributed by atoms with van der Waals surface area (Å²) < 4.78 is 45.0. The second-order valence-electron chi connectivity index (χ2n) is 8.02. The quantitative estimate of drug-likeness (QED) is 0.348. The van der Waals surface area contributed by atoms with E-state index < -0.39 is 65.5 Å². The molecule has 0 spiro atoms. The Morgan fingerprint density at radius 1 is 0.886 bits per heavy atom. The zero-order valence-electron chi connectivity index (χ0n) is 19.4. The largest absolute Gasteiger partial charge is 0.451 e. The van der Waals surface area contributed by atoms with Crippen LogP contribution in [-0.4, -0.2) is 42.4 Å². The molecule has 0 aliphatic heterocycles. The van der Waals surface area contributed by atoms with Crippen LogP contribution in [0.2, 0.25) is 0 Å². The van der Waals surface area contributed by atoms with Crippen LogP contribution in [0.4, 0.5) is 18.9 Å². The molecule has 0 radical (unpaired) electrons. The van der Waals surface area contributed by atoms with E-state index >= 15 is 0 Å². The molecule has 0 bridgehead atoms. The Morgan fingerprint density at radius 3 is 2.17 bits per heavy atom. The molecular weight excluding hydrogens is 467 g/mol. The average Bonchev–Trinajstić information content (AvgIpc) is 2.81. The number of hydrogen-bond donors (Lipinski definition) is 3. The number of carbonyl (C=O) groups excluding carboxylic acids is 4. The van der Waals surface area contributed by atoms with Crippen molar-refractivity contribution < 1.29 is 37.1 Å². The van der Waals surface area contributed by atoms with Crippen LogP contribution >= 0.6 is 0 Å². The van der Waals surface area contributed by atoms with Gasteiger partial charge in [-0.1, -0.05) is 44.2 Å². The number of hydrogen-bond acceptors (Lipinski definition) is 5. The molecule has 3 N–H and O–H groups in total. The monoisotopic (exact) mass is 493 g/mol. The van der Waals surface area contributed by atoms with Crippen molar-refractivity contribution in [2.24, 2.45) is 5.92 Å². The molecule has 2 aromatic carbocycles. The highest BCUT2D eigenvalue weighted by atomic mass is 19.2. The molecule has 8 nitrogen and oxygen atoms in total. The Morgan fingerprint density at radius 2 is 1.54 bits per heavy atom. The molecule has 0 saturated heterocycles. The van der Waals surface area contributed by atoms with Gasteiger partial charge in [0.05, 0.1) is 18.7 Å². The van der Waals surface area contributed by atoms with E-state index in [4.69, 9.17) is 4.74 Å². The van der Waals surface area contributed by atoms with Gasteiger partial charge >= 0.3 is 5.97 Å². The number of benzene rings is 2. The first-order valence-electron chi connectivity index (χ1n) is 10.7. The van der Waals surface area contributed by atoms with Gasteiger partial charge in [-0.3, -0.25) is 14.4 Å². The molecular formula is C24H26F3N3O5. The molecule has 2 aromatic rings. The first kappa shape index (κ1) is 27.4. The molecule has 0 saturated carbocycles. The van der Waals surface area contributed by atoms with Crippen LogP contribution in [-0.2, 0) is 30.3 Å². The predicted octanol–water partition coefficient (Wildman–Crippen LogP) is 2.47. The third-order valence-electron chi connectivity index (χ3n) is 4.84. The van der Waals surface area contributed by atoms with Crippen molar-refractivity contribution in [3.8, 4) is 0 Å². The van der Waals surface area contributed by atoms with Crippen LogP contribution in [0.25, 0.3) is 0 Å². The molecule has 2 rings (SSSR count). The topological polar surface area (TPSA) is 114 Å². The standard InChI is InChI=1S/C24H26F3N3O5/c1-13(2)22(30-18(31)11-15-7-5-4-6-8-15)24(34)35-14(3)23(33)28-12-19(32)29-17-10-9-16(25)20(26)21(17)27/h4-10,13-14,22H,11-12H2,1-3H3,(H,28,33)(H,29,32)(H,30,31)/t14?,22-/m0/s1. The minimum atomic E-state index is -1.75. The van der Waals surface area contributed by atoms with E-state index in [-0.39, 0.29) is 12.3 Å². The van der Waals surface area contributed by atoms with Gasteiger partial charge in [0, 0.05) is 0 Å². The molecule has 0 aliphatic rings. The minimum absolute atomic E-state index is 0.0566. The molecule has 1 unspecified atom stereocenters. The van der Waals surface area contributed by atoms with Crippen molar-refractivity contribution in [1.82, 2.24) is 10.6 Å². The van der Waals surface area contributed by atoms with Crippen molar-refractivity contribution in [2.45, 2.75) is 39.3 Å². The van der Waals surface area contributed by atoms with Gasteiger partial charge in [-0.15, -0.1) is 0 Å². The van der Waals surface area contributed by atoms with Crippen molar-refractivity contribution >= 4 is 29.4 Å². The Kier molecular flexibility index (Phi) is 9.80. The number of carbonyl (C=O) groups is 4. The molecule has 0 aromatic heterocycles. The third kappa shape index (κ3) is 8.13. The zero-order valence-corrected chi connectivity index (χ0v) is 19.4. The molecule has 11 heteroatoms. The third-order valence-corrected chi connectivity index (χ3v) is 4.84. The molecule has 35 heavy (non-hydrogen) atoms. The Labute approximate surface area is 200 Å². The normalized spacial score (nSPS) is 12.4. The van der Waals surface area contributed by atoms with Gasteiger partial charge in [-0.25, -0.2) is 18.0 Å². The fourth-order valence-corrected chi connectivity index (χ4v) is 2.93. The Hall–Kier alpha value is -3.89. The Balaban J connectivity index is 1.86. The maximum atomic E-state index is 13.6. The van der Waals surface area contributed by atoms with Crippen LogP contribution in [0.15, 0.2) is 42.5 Å². The summed E-state index contributed by atoms with van der Waals surface area (Å²) in [5.74, 6) is -8.08. The van der Waals surface area contributed by atoms with Crippen LogP contribution < -0.4 is 16.0 Å². The van der Waals surface area contributed by atoms with Gasteiger partial charge in [-0.2, -0.15) is 0 Å². The average molecular weight is 493 g/mol. The van der Waals surface area contributed by atoms with E-state index in [1.165, 1.54) is 6.92 Å². The van der Waals surface area contributed by atoms with E-state index in [0.29, 0.717) is 6.07 Å². The first-order valence-corrected chi connectivity index (χ1v) is 10.7. The van der Waals surface area contributed by atoms with Crippen molar-refractivity contribution in [2.75, 3.05) is 11.9 Å². The number of anilines is 1. The second-order valence-corrected chi connectivity index (χ2v) is 8.02. The fraction of sp³-hybridized carbons (Fsp3) is 0.333. The molecule has 0 fully saturated rings. The van der Waals surface area contributed by atoms with E-state index in [9.17, 15) is 32.3 Å². The summed E-state index contributed by atoms with van der Waals surface area (Å²) in [6, 6.07) is 9.37. The van der Waals surface area contributed by atoms with Crippen LogP contribution in [0.5, 0.6) is 0 Å². The predicted molar refractivity (Wildman–Crippen MR) is 120 cm³/mol. The van der Waals surface area contributed by atoms with Gasteiger partial charge in [-0.05, 0) is 30.5 Å². The molecule has 0 heterocycles. The van der Waals surface area contributed by atoms with E-state index in [1.807, 2.05) is 11.4 Å². The highest BCUT2D eigenvalue weighted by Gasteiger charge is 2.29. The molecule has 188 valence electrons. The van der Waals surface area contributed by atoms with Crippen LogP contribution in [0.3, 0.4) is 0 Å². The van der Waals surface area contributed by atoms with Gasteiger partial charge in [0.2, 0.25) is 11.8 Å². The summed E-state index contributed by atoms with van der Waals surface area (Å²) in [6.07, 6.45) is -1.26. The molecule has 0 aliphatic carbocycles. The lowest BCUT2D eigenvalue weighted by molar-refractivity contribution is -0.158. The SMILES string of the molecule is CC(OC(=O)[C@@H](NC(=O)Cc1ccccc1)C(C)C)C(=O)NCC(=O)Nc1ccc(F)c(F)c1F. The number of amides is 3. The maximum absolute atomic E-state index is 13.6. The first-order chi connectivity index (χ1) is 16.5. The van der Waals surface area contributed by atoms with Gasteiger partial charge in [0.25, 0.3) is 5.91 Å². The summed E-state index contributed by atoms with van der Waals surface area (Å²) >= 11 is 0. The second kappa shape index (κ2) is 12.5. The highest BCUT2D eigenvalue weighted by Crippen LogP contribution is 2.19. The van der Waals surface area contributed by atoms with E-state index in [0.717, 1.165) is 11.6 Å². The summed E-state index contributed by atoms with van der Waals surface area (Å²) in [4.78, 5) is 49.0. The summed E-state index contributed by atoms with van der Waals surface area (Å²) in [5, 5.41) is 6.78. The highest BCUT2D eigenvalue weighted by molar-refractivity contribution is 5.95. The number of ether oxygens (including phenoxy) is 1. The smallest absolute Gasteiger partial charge is 0.329 e. The number of rotatable bonds is 10. The lowest BCUT2D eigenvalue weighted by atomic mass is 10.0. The lowest BCUT2D eigenvalue weighted by Crippen LogP contribution is -2.48. The summed E-state index contributed by atoms with van der Waals surface area (Å²) in [7, 11) is 0. The van der Waals surface area contributed by atoms with Crippen molar-refractivity contribution in [3.05, 3.63) is 65.5 Å². The van der Waals surface area contributed by atoms with Crippen molar-refractivity contribution in [1.29, 1.82) is 0 Å². The number of nitrogens with one attached hydrogen (secondary N) is 3. The lowest BCUT2D eigenvalue weighted by Gasteiger charge is -2.23. The fourth-order valence-electron chi connectivity index (χ4n) is 2.93. The van der Waals surface area contributed by atoms with Crippen LogP contribution in [0.1, 0.15) is 26.3 Å². The summed E-state index contributed by atoms with van der Waals surface area (Å²) in [5.41, 5.74) is 0.156. The van der Waals surface area contributed by atoms with Gasteiger partial charge in [0.1, 0.15) is 6.04 Å². The van der Waals surface area contributed by atoms with E-state index in [2.05, 4.69) is 10.6 Å². The summed E-state index contributed by atoms with van der Waals surface area (Å²) in [6.45, 7) is 4.01. The Bertz CT molecular complexity index is 1080. The number of esters is 1.